The van der Waals surface area contributed by atoms with E-state index in [-0.39, 0.29) is 17.8 Å². The summed E-state index contributed by atoms with van der Waals surface area (Å²) in [6.45, 7) is 6.12. The van der Waals surface area contributed by atoms with E-state index in [4.69, 9.17) is 32.7 Å². The molecule has 1 aliphatic rings. The molecule has 0 bridgehead atoms. The van der Waals surface area contributed by atoms with Crippen molar-refractivity contribution in [1.29, 1.82) is 5.26 Å². The average molecular weight is 490 g/mol. The maximum atomic E-state index is 12.6. The van der Waals surface area contributed by atoms with Gasteiger partial charge in [0.25, 0.3) is 0 Å². The zero-order valence-corrected chi connectivity index (χ0v) is 20.2. The van der Waals surface area contributed by atoms with E-state index in [0.717, 1.165) is 30.4 Å². The van der Waals surface area contributed by atoms with Crippen LogP contribution in [0.1, 0.15) is 46.3 Å². The summed E-state index contributed by atoms with van der Waals surface area (Å²) in [6, 6.07) is 3.73. The van der Waals surface area contributed by atoms with Gasteiger partial charge in [0, 0.05) is 35.5 Å². The molecule has 1 N–H and O–H groups in total. The average Bonchev–Trinajstić information content (AvgIpc) is 3.37. The van der Waals surface area contributed by atoms with Crippen molar-refractivity contribution in [3.05, 3.63) is 34.7 Å². The number of fused-ring (bicyclic) bond motifs is 1. The van der Waals surface area contributed by atoms with Gasteiger partial charge in [-0.1, -0.05) is 23.2 Å². The van der Waals surface area contributed by atoms with Crippen LogP contribution >= 0.6 is 23.2 Å². The monoisotopic (exact) mass is 489 g/mol. The minimum atomic E-state index is -0.671. The number of ether oxygens (including phenoxy) is 2. The highest BCUT2D eigenvalue weighted by atomic mass is 35.5. The van der Waals surface area contributed by atoms with Gasteiger partial charge in [0.2, 0.25) is 0 Å². The van der Waals surface area contributed by atoms with Crippen LogP contribution in [-0.2, 0) is 16.0 Å². The Morgan fingerprint density at radius 3 is 2.82 bits per heavy atom. The summed E-state index contributed by atoms with van der Waals surface area (Å²) < 4.78 is 14.8. The van der Waals surface area contributed by atoms with Gasteiger partial charge in [0.05, 0.1) is 33.5 Å². The lowest BCUT2D eigenvalue weighted by molar-refractivity contribution is -0.0394. The largest absolute Gasteiger partial charge is 0.444 e. The molecule has 0 saturated carbocycles. The Bertz CT molecular complexity index is 1230. The maximum absolute atomic E-state index is 12.6. The Labute approximate surface area is 202 Å². The number of benzene rings is 1. The highest BCUT2D eigenvalue weighted by Gasteiger charge is 2.24. The number of hydrogen-bond donors (Lipinski definition) is 1. The number of nitriles is 1. The number of aromatic nitrogens is 3. The molecule has 3 aromatic rings. The third-order valence-corrected chi connectivity index (χ3v) is 6.05. The summed E-state index contributed by atoms with van der Waals surface area (Å²) >= 11 is 13.0. The summed E-state index contributed by atoms with van der Waals surface area (Å²) in [5.74, 6) is 0. The van der Waals surface area contributed by atoms with Crippen molar-refractivity contribution in [2.45, 2.75) is 58.4 Å². The molecular formula is C23H25Cl2N5O3. The number of hydrogen-bond acceptors (Lipinski definition) is 5. The highest BCUT2D eigenvalue weighted by molar-refractivity contribution is 6.46. The molecule has 1 fully saturated rings. The first kappa shape index (κ1) is 23.4. The predicted molar refractivity (Wildman–Crippen MR) is 127 cm³/mol. The fourth-order valence-electron chi connectivity index (χ4n) is 3.94. The van der Waals surface area contributed by atoms with Crippen LogP contribution < -0.4 is 5.32 Å². The molecule has 0 spiro atoms. The Hall–Kier alpha value is -2.73. The summed E-state index contributed by atoms with van der Waals surface area (Å²) in [6.07, 6.45) is 7.75. The number of carbonyl (C=O) groups excluding carboxylic acids is 1. The molecule has 3 heterocycles. The van der Waals surface area contributed by atoms with Gasteiger partial charge in [0.1, 0.15) is 18.4 Å². The second-order valence-corrected chi connectivity index (χ2v) is 9.71. The van der Waals surface area contributed by atoms with E-state index in [1.54, 1.807) is 42.3 Å². The first-order chi connectivity index (χ1) is 15.7. The number of anilines is 1. The van der Waals surface area contributed by atoms with Gasteiger partial charge >= 0.3 is 6.09 Å². The van der Waals surface area contributed by atoms with E-state index in [1.807, 2.05) is 12.4 Å². The van der Waals surface area contributed by atoms with Crippen molar-refractivity contribution < 1.29 is 14.3 Å². The van der Waals surface area contributed by atoms with Crippen molar-refractivity contribution in [2.75, 3.05) is 11.9 Å². The number of nitrogens with one attached hydrogen (secondary N) is 1. The van der Waals surface area contributed by atoms with Crippen LogP contribution in [0.2, 0.25) is 10.0 Å². The van der Waals surface area contributed by atoms with Crippen LogP contribution in [0.5, 0.6) is 0 Å². The topological polar surface area (TPSA) is 94.1 Å². The highest BCUT2D eigenvalue weighted by Crippen LogP contribution is 2.43. The van der Waals surface area contributed by atoms with Gasteiger partial charge < -0.3 is 14.0 Å². The molecule has 10 heteroatoms. The van der Waals surface area contributed by atoms with E-state index < -0.39 is 11.7 Å². The lowest BCUT2D eigenvalue weighted by atomic mass is 10.1. The summed E-state index contributed by atoms with van der Waals surface area (Å²) in [5.41, 5.74) is 1.87. The summed E-state index contributed by atoms with van der Waals surface area (Å²) in [7, 11) is 0. The Balaban J connectivity index is 1.84. The van der Waals surface area contributed by atoms with Gasteiger partial charge in [0.15, 0.2) is 0 Å². The van der Waals surface area contributed by atoms with Crippen LogP contribution in [0.15, 0.2) is 24.7 Å². The van der Waals surface area contributed by atoms with Crippen molar-refractivity contribution in [1.82, 2.24) is 14.3 Å². The lowest BCUT2D eigenvalue weighted by Gasteiger charge is -2.22. The summed E-state index contributed by atoms with van der Waals surface area (Å²) in [4.78, 5) is 12.6. The van der Waals surface area contributed by atoms with Crippen molar-refractivity contribution in [2.24, 2.45) is 0 Å². The van der Waals surface area contributed by atoms with E-state index in [2.05, 4.69) is 16.5 Å². The molecule has 1 atom stereocenters. The lowest BCUT2D eigenvalue weighted by Crippen LogP contribution is -2.27. The van der Waals surface area contributed by atoms with E-state index in [9.17, 15) is 10.1 Å². The molecule has 2 aromatic heterocycles. The summed E-state index contributed by atoms with van der Waals surface area (Å²) in [5, 5.41) is 17.9. The minimum Gasteiger partial charge on any atom is -0.444 e. The van der Waals surface area contributed by atoms with Gasteiger partial charge in [-0.3, -0.25) is 5.32 Å². The molecule has 0 radical (unpaired) electrons. The predicted octanol–water partition coefficient (Wildman–Crippen LogP) is 6.38. The number of halogens is 2. The SMILES string of the molecule is CC(C)(C)OC(=O)Nc1cc(Cl)c(Cl)c2c1c(-c1cnn(C3CCCCO3)c1)cn2CC#N. The number of carbonyl (C=O) groups is 1. The van der Waals surface area contributed by atoms with E-state index in [0.29, 0.717) is 28.2 Å². The van der Waals surface area contributed by atoms with Gasteiger partial charge in [-0.05, 0) is 46.1 Å². The van der Waals surface area contributed by atoms with E-state index >= 15 is 0 Å². The second kappa shape index (κ2) is 9.26. The standard InChI is InChI=1S/C23H25Cl2N5O3/c1-23(2,3)33-22(31)28-17-10-16(24)20(25)21-19(17)15(13-29(21)8-7-26)14-11-27-30(12-14)18-6-4-5-9-32-18/h10-13,18H,4-6,8-9H2,1-3H3,(H,28,31). The fourth-order valence-corrected chi connectivity index (χ4v) is 4.40. The first-order valence-corrected chi connectivity index (χ1v) is 11.5. The zero-order valence-electron chi connectivity index (χ0n) is 18.7. The molecule has 174 valence electrons. The Kier molecular flexibility index (Phi) is 6.57. The number of rotatable bonds is 4. The van der Waals surface area contributed by atoms with Gasteiger partial charge in [-0.2, -0.15) is 10.4 Å². The molecule has 1 unspecified atom stereocenters. The van der Waals surface area contributed by atoms with Gasteiger partial charge in [-0.25, -0.2) is 9.48 Å². The zero-order chi connectivity index (χ0) is 23.8. The third-order valence-electron chi connectivity index (χ3n) is 5.28. The third kappa shape index (κ3) is 4.96. The van der Waals surface area contributed by atoms with Crippen LogP contribution in [0, 0.1) is 11.3 Å². The van der Waals surface area contributed by atoms with Gasteiger partial charge in [-0.15, -0.1) is 0 Å². The molecule has 1 aromatic carbocycles. The van der Waals surface area contributed by atoms with Crippen molar-refractivity contribution >= 4 is 45.9 Å². The molecule has 8 nitrogen and oxygen atoms in total. The smallest absolute Gasteiger partial charge is 0.412 e. The Morgan fingerprint density at radius 2 is 2.15 bits per heavy atom. The molecule has 1 aliphatic heterocycles. The first-order valence-electron chi connectivity index (χ1n) is 10.7. The van der Waals surface area contributed by atoms with Crippen LogP contribution in [0.4, 0.5) is 10.5 Å². The molecule has 4 rings (SSSR count). The Morgan fingerprint density at radius 1 is 1.36 bits per heavy atom. The quantitative estimate of drug-likeness (QED) is 0.458. The van der Waals surface area contributed by atoms with Crippen LogP contribution in [-0.4, -0.2) is 32.6 Å². The van der Waals surface area contributed by atoms with Crippen molar-refractivity contribution in [3.63, 3.8) is 0 Å². The second-order valence-electron chi connectivity index (χ2n) is 8.93. The molecule has 1 saturated heterocycles. The minimum absolute atomic E-state index is 0.0579. The fraction of sp³-hybridized carbons (Fsp3) is 0.435. The number of amides is 1. The number of nitrogens with zero attached hydrogens (tertiary/aromatic N) is 4. The molecular weight excluding hydrogens is 465 g/mol. The van der Waals surface area contributed by atoms with Crippen molar-refractivity contribution in [3.8, 4) is 17.2 Å². The molecule has 0 aliphatic carbocycles. The maximum Gasteiger partial charge on any atom is 0.412 e. The molecule has 1 amide bonds. The molecule has 33 heavy (non-hydrogen) atoms. The normalized spacial score (nSPS) is 16.5. The van der Waals surface area contributed by atoms with E-state index in [1.165, 1.54) is 0 Å². The van der Waals surface area contributed by atoms with Crippen LogP contribution in [0.25, 0.3) is 22.0 Å². The van der Waals surface area contributed by atoms with Crippen LogP contribution in [0.3, 0.4) is 0 Å².